The molecule has 146 valence electrons. The fraction of sp³-hybridized carbons (Fsp3) is 0.571. The van der Waals surface area contributed by atoms with Gasteiger partial charge in [-0.25, -0.2) is 0 Å². The highest BCUT2D eigenvalue weighted by Crippen LogP contribution is 2.25. The molecule has 1 aromatic heterocycles. The van der Waals surface area contributed by atoms with E-state index in [4.69, 9.17) is 4.74 Å². The van der Waals surface area contributed by atoms with Gasteiger partial charge in [-0.2, -0.15) is 5.10 Å². The van der Waals surface area contributed by atoms with Crippen LogP contribution in [-0.2, 0) is 17.8 Å². The Morgan fingerprint density at radius 3 is 2.59 bits per heavy atom. The van der Waals surface area contributed by atoms with Crippen LogP contribution in [0.2, 0.25) is 0 Å². The first-order valence-electron chi connectivity index (χ1n) is 9.88. The highest BCUT2D eigenvalue weighted by Gasteiger charge is 2.32. The Labute approximate surface area is 161 Å². The summed E-state index contributed by atoms with van der Waals surface area (Å²) in [6, 6.07) is 11.8. The average molecular weight is 370 g/mol. The molecular weight excluding hydrogens is 340 g/mol. The molecule has 3 heterocycles. The van der Waals surface area contributed by atoms with Gasteiger partial charge in [-0.15, -0.1) is 0 Å². The molecule has 6 heteroatoms. The third-order valence-corrected chi connectivity index (χ3v) is 5.77. The zero-order valence-corrected chi connectivity index (χ0v) is 16.3. The van der Waals surface area contributed by atoms with Crippen molar-refractivity contribution in [2.75, 3.05) is 39.4 Å². The standard InChI is InChI=1S/C21H30N4O2/c1-21(2,24-10-12-27-13-11-24)16-23-8-9-25-18(15-23)14-19(22-25)20(26)17-6-4-3-5-7-17/h3-7,14,20,26H,8-13,15-16H2,1-2H3. The number of hydrogen-bond acceptors (Lipinski definition) is 5. The van der Waals surface area contributed by atoms with Gasteiger partial charge in [0.1, 0.15) is 6.10 Å². The molecule has 4 rings (SSSR count). The molecule has 0 bridgehead atoms. The molecule has 1 atom stereocenters. The van der Waals surface area contributed by atoms with E-state index in [-0.39, 0.29) is 5.54 Å². The van der Waals surface area contributed by atoms with Gasteiger partial charge in [-0.1, -0.05) is 30.3 Å². The van der Waals surface area contributed by atoms with Crippen molar-refractivity contribution in [2.45, 2.75) is 38.6 Å². The van der Waals surface area contributed by atoms with E-state index in [9.17, 15) is 5.11 Å². The Hall–Kier alpha value is -1.73. The minimum Gasteiger partial charge on any atom is -0.382 e. The van der Waals surface area contributed by atoms with Crippen LogP contribution in [0.5, 0.6) is 0 Å². The second-order valence-corrected chi connectivity index (χ2v) is 8.22. The van der Waals surface area contributed by atoms with Crippen molar-refractivity contribution in [3.05, 3.63) is 53.3 Å². The molecule has 0 saturated carbocycles. The van der Waals surface area contributed by atoms with Gasteiger partial charge in [-0.3, -0.25) is 14.5 Å². The summed E-state index contributed by atoms with van der Waals surface area (Å²) in [5.74, 6) is 0. The molecule has 2 aliphatic rings. The number of benzene rings is 1. The molecule has 0 spiro atoms. The van der Waals surface area contributed by atoms with Crippen LogP contribution in [0.4, 0.5) is 0 Å². The molecule has 1 fully saturated rings. The lowest BCUT2D eigenvalue weighted by atomic mass is 10.0. The Morgan fingerprint density at radius 1 is 1.11 bits per heavy atom. The first kappa shape index (κ1) is 18.6. The van der Waals surface area contributed by atoms with E-state index < -0.39 is 6.10 Å². The van der Waals surface area contributed by atoms with Crippen LogP contribution in [0.3, 0.4) is 0 Å². The SMILES string of the molecule is CC(C)(CN1CCn2nc(C(O)c3ccccc3)cc2C1)N1CCOCC1. The molecule has 0 radical (unpaired) electrons. The summed E-state index contributed by atoms with van der Waals surface area (Å²) in [6.07, 6.45) is -0.664. The minimum atomic E-state index is -0.664. The summed E-state index contributed by atoms with van der Waals surface area (Å²) in [6.45, 7) is 12.1. The van der Waals surface area contributed by atoms with E-state index in [0.717, 1.165) is 63.7 Å². The van der Waals surface area contributed by atoms with Crippen LogP contribution in [-0.4, -0.2) is 69.6 Å². The van der Waals surface area contributed by atoms with Crippen LogP contribution in [0.25, 0.3) is 0 Å². The van der Waals surface area contributed by atoms with Crippen LogP contribution in [0, 0.1) is 0 Å². The molecule has 1 N–H and O–H groups in total. The maximum Gasteiger partial charge on any atom is 0.123 e. The Balaban J connectivity index is 1.43. The number of rotatable bonds is 5. The first-order chi connectivity index (χ1) is 13.0. The van der Waals surface area contributed by atoms with Crippen molar-refractivity contribution in [2.24, 2.45) is 0 Å². The van der Waals surface area contributed by atoms with Gasteiger partial charge >= 0.3 is 0 Å². The maximum absolute atomic E-state index is 10.7. The summed E-state index contributed by atoms with van der Waals surface area (Å²) in [5, 5.41) is 15.3. The van der Waals surface area contributed by atoms with Gasteiger partial charge in [0.2, 0.25) is 0 Å². The molecule has 0 amide bonds. The topological polar surface area (TPSA) is 53.8 Å². The van der Waals surface area contributed by atoms with E-state index in [2.05, 4.69) is 39.5 Å². The number of aromatic nitrogens is 2. The van der Waals surface area contributed by atoms with Crippen molar-refractivity contribution in [1.82, 2.24) is 19.6 Å². The number of ether oxygens (including phenoxy) is 1. The van der Waals surface area contributed by atoms with E-state index in [1.54, 1.807) is 0 Å². The van der Waals surface area contributed by atoms with Crippen molar-refractivity contribution >= 4 is 0 Å². The molecule has 6 nitrogen and oxygen atoms in total. The fourth-order valence-electron chi connectivity index (χ4n) is 4.23. The molecule has 2 aromatic rings. The van der Waals surface area contributed by atoms with E-state index in [1.165, 1.54) is 5.69 Å². The van der Waals surface area contributed by atoms with Gasteiger partial charge < -0.3 is 9.84 Å². The highest BCUT2D eigenvalue weighted by atomic mass is 16.5. The molecule has 1 aromatic carbocycles. The molecule has 27 heavy (non-hydrogen) atoms. The van der Waals surface area contributed by atoms with E-state index in [0.29, 0.717) is 0 Å². The zero-order valence-electron chi connectivity index (χ0n) is 16.3. The number of aliphatic hydroxyl groups excluding tert-OH is 1. The Kier molecular flexibility index (Phi) is 5.32. The number of fused-ring (bicyclic) bond motifs is 1. The normalized spacial score (nSPS) is 20.4. The van der Waals surface area contributed by atoms with Crippen molar-refractivity contribution in [1.29, 1.82) is 0 Å². The summed E-state index contributed by atoms with van der Waals surface area (Å²) in [4.78, 5) is 5.04. The maximum atomic E-state index is 10.7. The smallest absolute Gasteiger partial charge is 0.123 e. The van der Waals surface area contributed by atoms with E-state index in [1.807, 2.05) is 30.3 Å². The Bertz CT molecular complexity index is 753. The van der Waals surface area contributed by atoms with Crippen molar-refractivity contribution in [3.8, 4) is 0 Å². The van der Waals surface area contributed by atoms with Gasteiger partial charge in [0.25, 0.3) is 0 Å². The number of aliphatic hydroxyl groups is 1. The monoisotopic (exact) mass is 370 g/mol. The predicted molar refractivity (Wildman–Crippen MR) is 104 cm³/mol. The largest absolute Gasteiger partial charge is 0.382 e. The molecular formula is C21H30N4O2. The molecule has 2 aliphatic heterocycles. The van der Waals surface area contributed by atoms with E-state index >= 15 is 0 Å². The van der Waals surface area contributed by atoms with Crippen molar-refractivity contribution in [3.63, 3.8) is 0 Å². The molecule has 1 unspecified atom stereocenters. The summed E-state index contributed by atoms with van der Waals surface area (Å²) >= 11 is 0. The lowest BCUT2D eigenvalue weighted by molar-refractivity contribution is -0.0244. The zero-order chi connectivity index (χ0) is 18.9. The van der Waals surface area contributed by atoms with Crippen molar-refractivity contribution < 1.29 is 9.84 Å². The second kappa shape index (κ2) is 7.72. The third-order valence-electron chi connectivity index (χ3n) is 5.77. The summed E-state index contributed by atoms with van der Waals surface area (Å²) in [5.41, 5.74) is 2.94. The van der Waals surface area contributed by atoms with Crippen LogP contribution >= 0.6 is 0 Å². The minimum absolute atomic E-state index is 0.123. The Morgan fingerprint density at radius 2 is 1.85 bits per heavy atom. The second-order valence-electron chi connectivity index (χ2n) is 8.22. The van der Waals surface area contributed by atoms with Gasteiger partial charge in [0.15, 0.2) is 0 Å². The molecule has 0 aliphatic carbocycles. The predicted octanol–water partition coefficient (Wildman–Crippen LogP) is 1.89. The lowest BCUT2D eigenvalue weighted by Gasteiger charge is -2.44. The first-order valence-corrected chi connectivity index (χ1v) is 9.88. The number of nitrogens with zero attached hydrogens (tertiary/aromatic N) is 4. The fourth-order valence-corrected chi connectivity index (χ4v) is 4.23. The lowest BCUT2D eigenvalue weighted by Crippen LogP contribution is -2.56. The van der Waals surface area contributed by atoms with Gasteiger partial charge in [0, 0.05) is 38.3 Å². The summed E-state index contributed by atoms with van der Waals surface area (Å²) in [7, 11) is 0. The van der Waals surface area contributed by atoms with Gasteiger partial charge in [-0.05, 0) is 25.5 Å². The quantitative estimate of drug-likeness (QED) is 0.871. The summed E-state index contributed by atoms with van der Waals surface area (Å²) < 4.78 is 7.56. The highest BCUT2D eigenvalue weighted by molar-refractivity contribution is 5.27. The average Bonchev–Trinajstić information content (AvgIpc) is 3.12. The van der Waals surface area contributed by atoms with Crippen LogP contribution < -0.4 is 0 Å². The number of hydrogen-bond donors (Lipinski definition) is 1. The molecule has 1 saturated heterocycles. The number of morpholine rings is 1. The third kappa shape index (κ3) is 4.09. The van der Waals surface area contributed by atoms with Crippen LogP contribution in [0.1, 0.15) is 36.9 Å². The van der Waals surface area contributed by atoms with Crippen LogP contribution in [0.15, 0.2) is 36.4 Å². The van der Waals surface area contributed by atoms with Gasteiger partial charge in [0.05, 0.1) is 31.1 Å².